The summed E-state index contributed by atoms with van der Waals surface area (Å²) in [6.07, 6.45) is -0.212. The third-order valence-corrected chi connectivity index (χ3v) is 4.30. The molecule has 2 heterocycles. The Labute approximate surface area is 119 Å². The molecular weight excluding hydrogens is 282 g/mol. The first-order chi connectivity index (χ1) is 9.31. The van der Waals surface area contributed by atoms with Gasteiger partial charge >= 0.3 is 0 Å². The van der Waals surface area contributed by atoms with Crippen molar-refractivity contribution in [1.82, 2.24) is 5.32 Å². The van der Waals surface area contributed by atoms with Crippen LogP contribution in [0.15, 0.2) is 35.0 Å². The Kier molecular flexibility index (Phi) is 5.53. The molecule has 0 aliphatic rings. The SMILES string of the molecule is O=C(NC[C@@H](OCCO)c1cccs1)c1cccs1. The maximum Gasteiger partial charge on any atom is 0.261 e. The van der Waals surface area contributed by atoms with Gasteiger partial charge in [0.2, 0.25) is 0 Å². The summed E-state index contributed by atoms with van der Waals surface area (Å²) < 4.78 is 5.55. The van der Waals surface area contributed by atoms with E-state index in [0.717, 1.165) is 4.88 Å². The average Bonchev–Trinajstić information content (AvgIpc) is 3.11. The third kappa shape index (κ3) is 4.14. The largest absolute Gasteiger partial charge is 0.394 e. The quantitative estimate of drug-likeness (QED) is 0.824. The molecule has 0 aliphatic heterocycles. The van der Waals surface area contributed by atoms with Crippen LogP contribution in [0, 0.1) is 0 Å². The fourth-order valence-corrected chi connectivity index (χ4v) is 3.01. The van der Waals surface area contributed by atoms with E-state index < -0.39 is 0 Å². The Bertz CT molecular complexity index is 482. The van der Waals surface area contributed by atoms with Gasteiger partial charge in [-0.15, -0.1) is 22.7 Å². The average molecular weight is 297 g/mol. The molecule has 0 aliphatic carbocycles. The van der Waals surface area contributed by atoms with Crippen molar-refractivity contribution >= 4 is 28.6 Å². The fourth-order valence-electron chi connectivity index (χ4n) is 1.59. The first-order valence-corrected chi connectivity index (χ1v) is 7.64. The Hall–Kier alpha value is -1.21. The molecule has 6 heteroatoms. The summed E-state index contributed by atoms with van der Waals surface area (Å²) in [5, 5.41) is 15.5. The molecule has 1 amide bonds. The van der Waals surface area contributed by atoms with Gasteiger partial charge in [-0.2, -0.15) is 0 Å². The number of rotatable bonds is 7. The molecular formula is C13H15NO3S2. The minimum Gasteiger partial charge on any atom is -0.394 e. The van der Waals surface area contributed by atoms with Crippen molar-refractivity contribution in [3.8, 4) is 0 Å². The molecule has 0 fully saturated rings. The third-order valence-electron chi connectivity index (χ3n) is 2.46. The van der Waals surface area contributed by atoms with Crippen LogP contribution >= 0.6 is 22.7 Å². The van der Waals surface area contributed by atoms with E-state index in [1.54, 1.807) is 17.4 Å². The van der Waals surface area contributed by atoms with Gasteiger partial charge in [0.05, 0.1) is 18.1 Å². The van der Waals surface area contributed by atoms with Crippen LogP contribution in [0.4, 0.5) is 0 Å². The Morgan fingerprint density at radius 3 is 2.74 bits per heavy atom. The number of amides is 1. The van der Waals surface area contributed by atoms with E-state index in [0.29, 0.717) is 11.4 Å². The predicted octanol–water partition coefficient (Wildman–Crippen LogP) is 2.29. The fraction of sp³-hybridized carbons (Fsp3) is 0.308. The topological polar surface area (TPSA) is 58.6 Å². The number of hydrogen-bond acceptors (Lipinski definition) is 5. The molecule has 0 saturated carbocycles. The lowest BCUT2D eigenvalue weighted by molar-refractivity contribution is 0.0296. The van der Waals surface area contributed by atoms with Crippen LogP contribution in [0.25, 0.3) is 0 Å². The lowest BCUT2D eigenvalue weighted by atomic mass is 10.3. The molecule has 0 bridgehead atoms. The number of carbonyl (C=O) groups is 1. The summed E-state index contributed by atoms with van der Waals surface area (Å²) in [6.45, 7) is 0.634. The molecule has 2 aromatic rings. The van der Waals surface area contributed by atoms with Gasteiger partial charge in [0.15, 0.2) is 0 Å². The van der Waals surface area contributed by atoms with E-state index >= 15 is 0 Å². The summed E-state index contributed by atoms with van der Waals surface area (Å²) in [4.78, 5) is 13.6. The molecule has 1 atom stereocenters. The number of nitrogens with one attached hydrogen (secondary N) is 1. The van der Waals surface area contributed by atoms with E-state index in [2.05, 4.69) is 5.32 Å². The summed E-state index contributed by atoms with van der Waals surface area (Å²) in [5.74, 6) is -0.0934. The number of aliphatic hydroxyl groups excluding tert-OH is 1. The molecule has 2 aromatic heterocycles. The van der Waals surface area contributed by atoms with Gasteiger partial charge in [-0.3, -0.25) is 4.79 Å². The van der Waals surface area contributed by atoms with Gasteiger partial charge < -0.3 is 15.2 Å². The van der Waals surface area contributed by atoms with Crippen LogP contribution in [-0.4, -0.2) is 30.8 Å². The van der Waals surface area contributed by atoms with Crippen molar-refractivity contribution in [3.63, 3.8) is 0 Å². The zero-order valence-corrected chi connectivity index (χ0v) is 11.9. The van der Waals surface area contributed by atoms with Crippen molar-refractivity contribution in [2.45, 2.75) is 6.10 Å². The lowest BCUT2D eigenvalue weighted by Crippen LogP contribution is -2.29. The van der Waals surface area contributed by atoms with Gasteiger partial charge in [-0.25, -0.2) is 0 Å². The summed E-state index contributed by atoms with van der Waals surface area (Å²) >= 11 is 2.98. The van der Waals surface area contributed by atoms with Crippen LogP contribution in [0.5, 0.6) is 0 Å². The van der Waals surface area contributed by atoms with Gasteiger partial charge in [0.25, 0.3) is 5.91 Å². The number of ether oxygens (including phenoxy) is 1. The Morgan fingerprint density at radius 2 is 2.11 bits per heavy atom. The van der Waals surface area contributed by atoms with E-state index in [4.69, 9.17) is 9.84 Å². The minimum atomic E-state index is -0.212. The molecule has 19 heavy (non-hydrogen) atoms. The summed E-state index contributed by atoms with van der Waals surface area (Å²) in [7, 11) is 0. The van der Waals surface area contributed by atoms with Crippen LogP contribution in [0.1, 0.15) is 20.7 Å². The predicted molar refractivity (Wildman–Crippen MR) is 76.8 cm³/mol. The highest BCUT2D eigenvalue weighted by Gasteiger charge is 2.15. The van der Waals surface area contributed by atoms with Gasteiger partial charge in [0.1, 0.15) is 6.10 Å². The van der Waals surface area contributed by atoms with Crippen LogP contribution < -0.4 is 5.32 Å². The molecule has 0 unspecified atom stereocenters. The maximum absolute atomic E-state index is 11.9. The zero-order valence-electron chi connectivity index (χ0n) is 10.2. The monoisotopic (exact) mass is 297 g/mol. The van der Waals surface area contributed by atoms with E-state index in [1.807, 2.05) is 29.0 Å². The maximum atomic E-state index is 11.9. The molecule has 102 valence electrons. The van der Waals surface area contributed by atoms with E-state index in [9.17, 15) is 4.79 Å². The zero-order chi connectivity index (χ0) is 13.5. The van der Waals surface area contributed by atoms with Crippen molar-refractivity contribution in [3.05, 3.63) is 44.8 Å². The smallest absolute Gasteiger partial charge is 0.261 e. The van der Waals surface area contributed by atoms with E-state index in [1.165, 1.54) is 11.3 Å². The standard InChI is InChI=1S/C13H15NO3S2/c15-5-6-17-10(11-3-1-7-18-11)9-14-13(16)12-4-2-8-19-12/h1-4,7-8,10,15H,5-6,9H2,(H,14,16)/t10-/m1/s1. The lowest BCUT2D eigenvalue weighted by Gasteiger charge is -2.16. The molecule has 2 rings (SSSR count). The molecule has 2 N–H and O–H groups in total. The van der Waals surface area contributed by atoms with Crippen LogP contribution in [0.3, 0.4) is 0 Å². The molecule has 0 spiro atoms. The number of carbonyl (C=O) groups excluding carboxylic acids is 1. The van der Waals surface area contributed by atoms with Crippen molar-refractivity contribution in [1.29, 1.82) is 0 Å². The van der Waals surface area contributed by atoms with Gasteiger partial charge in [-0.05, 0) is 22.9 Å². The molecule has 0 saturated heterocycles. The second-order valence-electron chi connectivity index (χ2n) is 3.79. The van der Waals surface area contributed by atoms with Gasteiger partial charge in [-0.1, -0.05) is 12.1 Å². The number of hydrogen-bond donors (Lipinski definition) is 2. The number of aliphatic hydroxyl groups is 1. The molecule has 4 nitrogen and oxygen atoms in total. The Balaban J connectivity index is 1.91. The highest BCUT2D eigenvalue weighted by Crippen LogP contribution is 2.22. The second kappa shape index (κ2) is 7.40. The van der Waals surface area contributed by atoms with Crippen molar-refractivity contribution < 1.29 is 14.6 Å². The van der Waals surface area contributed by atoms with E-state index in [-0.39, 0.29) is 25.2 Å². The highest BCUT2D eigenvalue weighted by molar-refractivity contribution is 7.12. The first-order valence-electron chi connectivity index (χ1n) is 5.89. The summed E-state index contributed by atoms with van der Waals surface area (Å²) in [5.41, 5.74) is 0. The molecule has 0 radical (unpaired) electrons. The Morgan fingerprint density at radius 1 is 1.32 bits per heavy atom. The van der Waals surface area contributed by atoms with Crippen molar-refractivity contribution in [2.24, 2.45) is 0 Å². The first kappa shape index (κ1) is 14.2. The highest BCUT2D eigenvalue weighted by atomic mass is 32.1. The van der Waals surface area contributed by atoms with Crippen LogP contribution in [0.2, 0.25) is 0 Å². The van der Waals surface area contributed by atoms with Gasteiger partial charge in [0, 0.05) is 11.4 Å². The summed E-state index contributed by atoms with van der Waals surface area (Å²) in [6, 6.07) is 7.54. The van der Waals surface area contributed by atoms with Crippen molar-refractivity contribution in [2.75, 3.05) is 19.8 Å². The minimum absolute atomic E-state index is 0.0270. The second-order valence-corrected chi connectivity index (χ2v) is 5.71. The normalized spacial score (nSPS) is 12.3. The van der Waals surface area contributed by atoms with Crippen LogP contribution in [-0.2, 0) is 4.74 Å². The molecule has 0 aromatic carbocycles. The number of thiophene rings is 2.